The van der Waals surface area contributed by atoms with Crippen LogP contribution in [-0.2, 0) is 5.41 Å². The Labute approximate surface area is 96.6 Å². The molecule has 1 saturated carbocycles. The SMILES string of the molecule is COc1ccc(C2(CF)CCCCC2)cc1. The highest BCUT2D eigenvalue weighted by Gasteiger charge is 2.33. The van der Waals surface area contributed by atoms with Crippen LogP contribution in [0.1, 0.15) is 37.7 Å². The number of alkyl halides is 1. The Morgan fingerprint density at radius 1 is 1.12 bits per heavy atom. The molecule has 0 aliphatic heterocycles. The topological polar surface area (TPSA) is 9.23 Å². The van der Waals surface area contributed by atoms with Gasteiger partial charge in [0.2, 0.25) is 0 Å². The number of methoxy groups -OCH3 is 1. The van der Waals surface area contributed by atoms with Gasteiger partial charge in [0.25, 0.3) is 0 Å². The van der Waals surface area contributed by atoms with Crippen molar-refractivity contribution in [3.05, 3.63) is 29.8 Å². The third-order valence-electron chi connectivity index (χ3n) is 3.77. The maximum atomic E-state index is 13.4. The predicted octanol–water partition coefficient (Wildman–Crippen LogP) is 3.87. The molecule has 1 aliphatic rings. The van der Waals surface area contributed by atoms with Crippen LogP contribution in [0.5, 0.6) is 5.75 Å². The van der Waals surface area contributed by atoms with Crippen molar-refractivity contribution >= 4 is 0 Å². The van der Waals surface area contributed by atoms with E-state index >= 15 is 0 Å². The van der Waals surface area contributed by atoms with E-state index < -0.39 is 0 Å². The first-order chi connectivity index (χ1) is 7.80. The lowest BCUT2D eigenvalue weighted by Crippen LogP contribution is -2.31. The summed E-state index contributed by atoms with van der Waals surface area (Å²) in [4.78, 5) is 0. The van der Waals surface area contributed by atoms with Gasteiger partial charge in [0.15, 0.2) is 0 Å². The molecule has 1 aromatic carbocycles. The molecule has 0 unspecified atom stereocenters. The van der Waals surface area contributed by atoms with Crippen LogP contribution in [0.3, 0.4) is 0 Å². The largest absolute Gasteiger partial charge is 0.497 e. The summed E-state index contributed by atoms with van der Waals surface area (Å²) in [6, 6.07) is 7.90. The van der Waals surface area contributed by atoms with Crippen molar-refractivity contribution in [1.82, 2.24) is 0 Å². The third kappa shape index (κ3) is 2.06. The molecule has 1 fully saturated rings. The summed E-state index contributed by atoms with van der Waals surface area (Å²) in [5.74, 6) is 0.841. The molecule has 0 heterocycles. The minimum absolute atomic E-state index is 0.218. The molecular formula is C14H19FO. The molecule has 0 amide bonds. The molecule has 2 heteroatoms. The highest BCUT2D eigenvalue weighted by molar-refractivity contribution is 5.33. The molecule has 88 valence electrons. The average molecular weight is 222 g/mol. The van der Waals surface area contributed by atoms with Crippen LogP contribution in [0.15, 0.2) is 24.3 Å². The lowest BCUT2D eigenvalue weighted by Gasteiger charge is -2.35. The normalized spacial score (nSPS) is 19.4. The first-order valence-corrected chi connectivity index (χ1v) is 6.01. The first-order valence-electron chi connectivity index (χ1n) is 6.01. The quantitative estimate of drug-likeness (QED) is 0.754. The number of halogens is 1. The second kappa shape index (κ2) is 4.86. The zero-order valence-corrected chi connectivity index (χ0v) is 9.84. The predicted molar refractivity (Wildman–Crippen MR) is 63.7 cm³/mol. The molecule has 2 rings (SSSR count). The van der Waals surface area contributed by atoms with Gasteiger partial charge in [-0.15, -0.1) is 0 Å². The minimum atomic E-state index is -0.237. The van der Waals surface area contributed by atoms with Gasteiger partial charge in [-0.1, -0.05) is 31.4 Å². The summed E-state index contributed by atoms with van der Waals surface area (Å²) >= 11 is 0. The van der Waals surface area contributed by atoms with Gasteiger partial charge in [0.1, 0.15) is 5.75 Å². The Morgan fingerprint density at radius 2 is 1.75 bits per heavy atom. The molecule has 0 spiro atoms. The van der Waals surface area contributed by atoms with E-state index in [2.05, 4.69) is 0 Å². The van der Waals surface area contributed by atoms with Crippen LogP contribution < -0.4 is 4.74 Å². The Balaban J connectivity index is 2.24. The molecular weight excluding hydrogens is 203 g/mol. The van der Waals surface area contributed by atoms with E-state index in [0.29, 0.717) is 0 Å². The summed E-state index contributed by atoms with van der Waals surface area (Å²) in [6.45, 7) is -0.237. The van der Waals surface area contributed by atoms with Crippen molar-refractivity contribution in [2.24, 2.45) is 0 Å². The molecule has 0 N–H and O–H groups in total. The lowest BCUT2D eigenvalue weighted by molar-refractivity contribution is 0.226. The van der Waals surface area contributed by atoms with Crippen molar-refractivity contribution in [1.29, 1.82) is 0 Å². The lowest BCUT2D eigenvalue weighted by atomic mass is 9.70. The van der Waals surface area contributed by atoms with Crippen LogP contribution >= 0.6 is 0 Å². The van der Waals surface area contributed by atoms with Gasteiger partial charge in [0, 0.05) is 5.41 Å². The molecule has 1 aromatic rings. The number of hydrogen-bond donors (Lipinski definition) is 0. The smallest absolute Gasteiger partial charge is 0.118 e. The summed E-state index contributed by atoms with van der Waals surface area (Å²) in [7, 11) is 1.65. The second-order valence-electron chi connectivity index (χ2n) is 4.70. The van der Waals surface area contributed by atoms with E-state index in [1.165, 1.54) is 6.42 Å². The van der Waals surface area contributed by atoms with Gasteiger partial charge in [-0.25, -0.2) is 0 Å². The Hall–Kier alpha value is -1.05. The van der Waals surface area contributed by atoms with Crippen LogP contribution in [0.25, 0.3) is 0 Å². The average Bonchev–Trinajstić information content (AvgIpc) is 2.39. The van der Waals surface area contributed by atoms with Crippen LogP contribution in [0.2, 0.25) is 0 Å². The van der Waals surface area contributed by atoms with E-state index in [4.69, 9.17) is 4.74 Å². The van der Waals surface area contributed by atoms with Gasteiger partial charge < -0.3 is 4.74 Å². The molecule has 1 nitrogen and oxygen atoms in total. The van der Waals surface area contributed by atoms with Gasteiger partial charge in [-0.2, -0.15) is 0 Å². The standard InChI is InChI=1S/C14H19FO/c1-16-13-7-5-12(6-8-13)14(11-15)9-3-2-4-10-14/h5-8H,2-4,9-11H2,1H3. The van der Waals surface area contributed by atoms with Gasteiger partial charge in [-0.3, -0.25) is 4.39 Å². The minimum Gasteiger partial charge on any atom is -0.497 e. The Bertz CT molecular complexity index is 325. The van der Waals surface area contributed by atoms with Crippen molar-refractivity contribution in [3.8, 4) is 5.75 Å². The van der Waals surface area contributed by atoms with E-state index in [9.17, 15) is 4.39 Å². The Kier molecular flexibility index (Phi) is 3.47. The van der Waals surface area contributed by atoms with Crippen molar-refractivity contribution in [3.63, 3.8) is 0 Å². The maximum Gasteiger partial charge on any atom is 0.118 e. The van der Waals surface area contributed by atoms with Crippen molar-refractivity contribution in [2.75, 3.05) is 13.8 Å². The van der Waals surface area contributed by atoms with Crippen molar-refractivity contribution in [2.45, 2.75) is 37.5 Å². The van der Waals surface area contributed by atoms with Gasteiger partial charge in [0.05, 0.1) is 13.8 Å². The highest BCUT2D eigenvalue weighted by Crippen LogP contribution is 2.40. The summed E-state index contributed by atoms with van der Waals surface area (Å²) in [5.41, 5.74) is 0.917. The molecule has 0 atom stereocenters. The van der Waals surface area contributed by atoms with E-state index in [1.807, 2.05) is 24.3 Å². The van der Waals surface area contributed by atoms with Crippen LogP contribution in [0.4, 0.5) is 4.39 Å². The second-order valence-corrected chi connectivity index (χ2v) is 4.70. The van der Waals surface area contributed by atoms with E-state index in [1.54, 1.807) is 7.11 Å². The Morgan fingerprint density at radius 3 is 2.25 bits per heavy atom. The van der Waals surface area contributed by atoms with E-state index in [-0.39, 0.29) is 12.1 Å². The molecule has 1 aliphatic carbocycles. The first kappa shape index (κ1) is 11.4. The molecule has 0 saturated heterocycles. The summed E-state index contributed by atoms with van der Waals surface area (Å²) in [5, 5.41) is 0. The van der Waals surface area contributed by atoms with Crippen LogP contribution in [0, 0.1) is 0 Å². The number of ether oxygens (including phenoxy) is 1. The zero-order valence-electron chi connectivity index (χ0n) is 9.84. The maximum absolute atomic E-state index is 13.4. The fourth-order valence-corrected chi connectivity index (χ4v) is 2.67. The third-order valence-corrected chi connectivity index (χ3v) is 3.77. The van der Waals surface area contributed by atoms with Gasteiger partial charge >= 0.3 is 0 Å². The number of benzene rings is 1. The summed E-state index contributed by atoms with van der Waals surface area (Å²) in [6.07, 6.45) is 5.51. The number of hydrogen-bond acceptors (Lipinski definition) is 1. The van der Waals surface area contributed by atoms with Crippen LogP contribution in [-0.4, -0.2) is 13.8 Å². The molecule has 0 aromatic heterocycles. The molecule has 16 heavy (non-hydrogen) atoms. The fourth-order valence-electron chi connectivity index (χ4n) is 2.67. The molecule has 0 bridgehead atoms. The highest BCUT2D eigenvalue weighted by atomic mass is 19.1. The molecule has 0 radical (unpaired) electrons. The summed E-state index contributed by atoms with van der Waals surface area (Å²) < 4.78 is 18.5. The van der Waals surface area contributed by atoms with Gasteiger partial charge in [-0.05, 0) is 30.5 Å². The number of rotatable bonds is 3. The fraction of sp³-hybridized carbons (Fsp3) is 0.571. The van der Waals surface area contributed by atoms with E-state index in [0.717, 1.165) is 37.0 Å². The van der Waals surface area contributed by atoms with Crippen molar-refractivity contribution < 1.29 is 9.13 Å². The monoisotopic (exact) mass is 222 g/mol. The zero-order chi connectivity index (χ0) is 11.4.